The number of rotatable bonds is 3. The molecule has 5 nitrogen and oxygen atoms in total. The highest BCUT2D eigenvalue weighted by Gasteiger charge is 2.11. The van der Waals surface area contributed by atoms with Crippen molar-refractivity contribution in [1.82, 2.24) is 9.78 Å². The highest BCUT2D eigenvalue weighted by molar-refractivity contribution is 5.38. The van der Waals surface area contributed by atoms with Crippen molar-refractivity contribution in [2.75, 3.05) is 7.11 Å². The van der Waals surface area contributed by atoms with Crippen molar-refractivity contribution in [3.63, 3.8) is 0 Å². The summed E-state index contributed by atoms with van der Waals surface area (Å²) < 4.78 is 6.17. The summed E-state index contributed by atoms with van der Waals surface area (Å²) >= 11 is 0. The molecule has 0 aliphatic heterocycles. The first kappa shape index (κ1) is 11.9. The minimum atomic E-state index is -0.444. The molecular weight excluding hydrogens is 230 g/mol. The number of nitrogens with zero attached hydrogens (tertiary/aromatic N) is 3. The molecule has 5 heteroatoms. The van der Waals surface area contributed by atoms with Crippen molar-refractivity contribution in [2.45, 2.75) is 6.54 Å². The lowest BCUT2D eigenvalue weighted by molar-refractivity contribution is 0.405. The van der Waals surface area contributed by atoms with Crippen LogP contribution in [-0.4, -0.2) is 16.9 Å². The van der Waals surface area contributed by atoms with E-state index in [-0.39, 0.29) is 11.3 Å². The maximum Gasteiger partial charge on any atom is 0.288 e. The van der Waals surface area contributed by atoms with Gasteiger partial charge in [0.15, 0.2) is 11.3 Å². The van der Waals surface area contributed by atoms with Gasteiger partial charge in [-0.3, -0.25) is 4.79 Å². The Labute approximate surface area is 104 Å². The second kappa shape index (κ2) is 5.15. The molecule has 0 spiro atoms. The van der Waals surface area contributed by atoms with E-state index in [9.17, 15) is 4.79 Å². The third-order valence-corrected chi connectivity index (χ3v) is 2.52. The van der Waals surface area contributed by atoms with E-state index in [2.05, 4.69) is 5.10 Å². The van der Waals surface area contributed by atoms with E-state index in [1.807, 2.05) is 36.4 Å². The van der Waals surface area contributed by atoms with Gasteiger partial charge < -0.3 is 4.74 Å². The molecule has 2 aromatic rings. The lowest BCUT2D eigenvalue weighted by Crippen LogP contribution is -2.26. The molecule has 0 amide bonds. The molecule has 1 aromatic heterocycles. The SMILES string of the molecule is COc1cnn(Cc2ccccc2)c(=O)c1C#N. The second-order valence-electron chi connectivity index (χ2n) is 3.65. The number of benzene rings is 1. The summed E-state index contributed by atoms with van der Waals surface area (Å²) in [6.45, 7) is 0.332. The number of nitriles is 1. The fourth-order valence-electron chi connectivity index (χ4n) is 1.60. The molecule has 0 saturated heterocycles. The van der Waals surface area contributed by atoms with Gasteiger partial charge in [-0.05, 0) is 5.56 Å². The van der Waals surface area contributed by atoms with Crippen LogP contribution in [0, 0.1) is 11.3 Å². The molecule has 0 fully saturated rings. The molecule has 0 atom stereocenters. The standard InChI is InChI=1S/C13H11N3O2/c1-18-12-8-15-16(13(17)11(12)7-14)9-10-5-3-2-4-6-10/h2-6,8H,9H2,1H3. The van der Waals surface area contributed by atoms with Crippen molar-refractivity contribution in [1.29, 1.82) is 5.26 Å². The number of methoxy groups -OCH3 is 1. The van der Waals surface area contributed by atoms with Crippen LogP contribution in [0.2, 0.25) is 0 Å². The van der Waals surface area contributed by atoms with Crippen LogP contribution in [0.1, 0.15) is 11.1 Å². The summed E-state index contributed by atoms with van der Waals surface area (Å²) in [6.07, 6.45) is 1.38. The molecule has 0 N–H and O–H groups in total. The third kappa shape index (κ3) is 2.23. The average Bonchev–Trinajstić information content (AvgIpc) is 2.42. The molecular formula is C13H11N3O2. The zero-order valence-corrected chi connectivity index (χ0v) is 9.83. The van der Waals surface area contributed by atoms with Crippen LogP contribution < -0.4 is 10.3 Å². The van der Waals surface area contributed by atoms with Crippen molar-refractivity contribution >= 4 is 0 Å². The van der Waals surface area contributed by atoms with Crippen LogP contribution in [0.5, 0.6) is 5.75 Å². The van der Waals surface area contributed by atoms with Gasteiger partial charge in [0.1, 0.15) is 6.07 Å². The Hall–Kier alpha value is -2.61. The second-order valence-corrected chi connectivity index (χ2v) is 3.65. The summed E-state index contributed by atoms with van der Waals surface area (Å²) in [5, 5.41) is 12.9. The van der Waals surface area contributed by atoms with Crippen LogP contribution in [0.15, 0.2) is 41.3 Å². The molecule has 0 aliphatic rings. The Bertz CT molecular complexity index is 642. The number of aromatic nitrogens is 2. The smallest absolute Gasteiger partial charge is 0.288 e. The van der Waals surface area contributed by atoms with Crippen molar-refractivity contribution in [3.8, 4) is 11.8 Å². The molecule has 2 rings (SSSR count). The van der Waals surface area contributed by atoms with Crippen molar-refractivity contribution in [2.24, 2.45) is 0 Å². The summed E-state index contributed by atoms with van der Waals surface area (Å²) in [4.78, 5) is 12.0. The predicted molar refractivity (Wildman–Crippen MR) is 65.3 cm³/mol. The number of ether oxygens (including phenoxy) is 1. The summed E-state index contributed by atoms with van der Waals surface area (Å²) in [7, 11) is 1.40. The monoisotopic (exact) mass is 241 g/mol. The Balaban J connectivity index is 2.42. The third-order valence-electron chi connectivity index (χ3n) is 2.52. The summed E-state index contributed by atoms with van der Waals surface area (Å²) in [5.74, 6) is 0.201. The van der Waals surface area contributed by atoms with Crippen LogP contribution in [0.3, 0.4) is 0 Å². The quantitative estimate of drug-likeness (QED) is 0.809. The minimum absolute atomic E-state index is 0.0246. The van der Waals surface area contributed by atoms with Gasteiger partial charge in [-0.25, -0.2) is 4.68 Å². The van der Waals surface area contributed by atoms with Crippen LogP contribution in [-0.2, 0) is 6.54 Å². The molecule has 0 bridgehead atoms. The van der Waals surface area contributed by atoms with E-state index in [1.54, 1.807) is 0 Å². The van der Waals surface area contributed by atoms with Gasteiger partial charge in [0.2, 0.25) is 0 Å². The fourth-order valence-corrected chi connectivity index (χ4v) is 1.60. The van der Waals surface area contributed by atoms with Crippen LogP contribution in [0.4, 0.5) is 0 Å². The van der Waals surface area contributed by atoms with Gasteiger partial charge in [0.25, 0.3) is 5.56 Å². The normalized spacial score (nSPS) is 9.78. The Morgan fingerprint density at radius 1 is 1.39 bits per heavy atom. The van der Waals surface area contributed by atoms with Crippen molar-refractivity contribution in [3.05, 3.63) is 58.0 Å². The zero-order chi connectivity index (χ0) is 13.0. The van der Waals surface area contributed by atoms with Gasteiger partial charge in [0.05, 0.1) is 19.9 Å². The minimum Gasteiger partial charge on any atom is -0.493 e. The van der Waals surface area contributed by atoms with E-state index in [4.69, 9.17) is 10.00 Å². The van der Waals surface area contributed by atoms with Crippen molar-refractivity contribution < 1.29 is 4.74 Å². The van der Waals surface area contributed by atoms with Crippen LogP contribution in [0.25, 0.3) is 0 Å². The van der Waals surface area contributed by atoms with Gasteiger partial charge in [-0.1, -0.05) is 30.3 Å². The van der Waals surface area contributed by atoms with E-state index >= 15 is 0 Å². The first-order valence-corrected chi connectivity index (χ1v) is 5.34. The van der Waals surface area contributed by atoms with E-state index in [0.29, 0.717) is 6.54 Å². The largest absolute Gasteiger partial charge is 0.493 e. The lowest BCUT2D eigenvalue weighted by Gasteiger charge is -2.07. The van der Waals surface area contributed by atoms with E-state index < -0.39 is 5.56 Å². The maximum atomic E-state index is 12.0. The fraction of sp³-hybridized carbons (Fsp3) is 0.154. The molecule has 90 valence electrons. The maximum absolute atomic E-state index is 12.0. The lowest BCUT2D eigenvalue weighted by atomic mass is 10.2. The highest BCUT2D eigenvalue weighted by atomic mass is 16.5. The average molecular weight is 241 g/mol. The predicted octanol–water partition coefficient (Wildman–Crippen LogP) is 1.17. The molecule has 0 unspecified atom stereocenters. The Kier molecular flexibility index (Phi) is 3.39. The zero-order valence-electron chi connectivity index (χ0n) is 9.83. The van der Waals surface area contributed by atoms with Gasteiger partial charge >= 0.3 is 0 Å². The molecule has 0 radical (unpaired) electrons. The van der Waals surface area contributed by atoms with Gasteiger partial charge in [0, 0.05) is 0 Å². The highest BCUT2D eigenvalue weighted by Crippen LogP contribution is 2.10. The first-order chi connectivity index (χ1) is 8.76. The summed E-state index contributed by atoms with van der Waals surface area (Å²) in [5.41, 5.74) is 0.477. The van der Waals surface area contributed by atoms with Gasteiger partial charge in [-0.2, -0.15) is 10.4 Å². The first-order valence-electron chi connectivity index (χ1n) is 5.34. The number of hydrogen-bond acceptors (Lipinski definition) is 4. The molecule has 0 saturated carbocycles. The van der Waals surface area contributed by atoms with Gasteiger partial charge in [-0.15, -0.1) is 0 Å². The van der Waals surface area contributed by atoms with Crippen LogP contribution >= 0.6 is 0 Å². The summed E-state index contributed by atoms with van der Waals surface area (Å²) in [6, 6.07) is 11.3. The molecule has 18 heavy (non-hydrogen) atoms. The van der Waals surface area contributed by atoms with E-state index in [0.717, 1.165) is 5.56 Å². The molecule has 1 heterocycles. The topological polar surface area (TPSA) is 67.9 Å². The van der Waals surface area contributed by atoms with E-state index in [1.165, 1.54) is 18.0 Å². The molecule has 1 aromatic carbocycles. The Morgan fingerprint density at radius 3 is 2.72 bits per heavy atom. The Morgan fingerprint density at radius 2 is 2.11 bits per heavy atom. The number of hydrogen-bond donors (Lipinski definition) is 0. The molecule has 0 aliphatic carbocycles.